The minimum atomic E-state index is 0.0203. The minimum Gasteiger partial charge on any atom is -0.465 e. The number of carbonyl (C=O) groups is 1. The standard InChI is InChI=1S/C16H28O2/c1-4-5-6-7-16(17)18-10-14-8-13-9-15(14)12(3)11(13)2/h11-15H,4-10H2,1-3H3/t11?,12?,13-,14?,15+/m0/s1. The van der Waals surface area contributed by atoms with Crippen LogP contribution in [0.3, 0.4) is 0 Å². The molecule has 3 unspecified atom stereocenters. The SMILES string of the molecule is CCCCCC(=O)OCC1C[C@H]2C[C@@H]1C(C)C2C. The Morgan fingerprint density at radius 2 is 1.94 bits per heavy atom. The molecule has 2 rings (SSSR count). The van der Waals surface area contributed by atoms with E-state index in [1.165, 1.54) is 12.8 Å². The van der Waals surface area contributed by atoms with Gasteiger partial charge in [0.1, 0.15) is 0 Å². The predicted molar refractivity (Wildman–Crippen MR) is 73.1 cm³/mol. The smallest absolute Gasteiger partial charge is 0.305 e. The van der Waals surface area contributed by atoms with Gasteiger partial charge in [-0.15, -0.1) is 0 Å². The van der Waals surface area contributed by atoms with E-state index in [1.807, 2.05) is 0 Å². The van der Waals surface area contributed by atoms with Crippen LogP contribution in [0.15, 0.2) is 0 Å². The van der Waals surface area contributed by atoms with Gasteiger partial charge in [-0.05, 0) is 48.9 Å². The molecule has 0 aromatic heterocycles. The van der Waals surface area contributed by atoms with Gasteiger partial charge in [0.15, 0.2) is 0 Å². The number of fused-ring (bicyclic) bond motifs is 2. The summed E-state index contributed by atoms with van der Waals surface area (Å²) in [5.41, 5.74) is 0. The molecule has 5 atom stereocenters. The second-order valence-electron chi connectivity index (χ2n) is 6.51. The van der Waals surface area contributed by atoms with Crippen LogP contribution in [0.2, 0.25) is 0 Å². The molecule has 0 saturated heterocycles. The summed E-state index contributed by atoms with van der Waals surface area (Å²) in [5.74, 6) is 4.09. The van der Waals surface area contributed by atoms with Gasteiger partial charge in [-0.25, -0.2) is 0 Å². The summed E-state index contributed by atoms with van der Waals surface area (Å²) in [5, 5.41) is 0. The second-order valence-corrected chi connectivity index (χ2v) is 6.51. The lowest BCUT2D eigenvalue weighted by Gasteiger charge is -2.31. The zero-order valence-corrected chi connectivity index (χ0v) is 12.2. The van der Waals surface area contributed by atoms with Gasteiger partial charge in [-0.1, -0.05) is 33.6 Å². The first-order valence-electron chi connectivity index (χ1n) is 7.79. The van der Waals surface area contributed by atoms with Crippen molar-refractivity contribution in [1.29, 1.82) is 0 Å². The number of hydrogen-bond donors (Lipinski definition) is 0. The summed E-state index contributed by atoms with van der Waals surface area (Å²) in [6.45, 7) is 7.61. The first-order chi connectivity index (χ1) is 8.63. The van der Waals surface area contributed by atoms with E-state index in [0.717, 1.165) is 42.9 Å². The topological polar surface area (TPSA) is 26.3 Å². The van der Waals surface area contributed by atoms with Gasteiger partial charge in [0.2, 0.25) is 0 Å². The van der Waals surface area contributed by atoms with Crippen LogP contribution in [0.1, 0.15) is 59.3 Å². The molecule has 0 radical (unpaired) electrons. The van der Waals surface area contributed by atoms with Crippen LogP contribution in [0.5, 0.6) is 0 Å². The molecule has 18 heavy (non-hydrogen) atoms. The average molecular weight is 252 g/mol. The quantitative estimate of drug-likeness (QED) is 0.527. The summed E-state index contributed by atoms with van der Waals surface area (Å²) in [4.78, 5) is 11.6. The molecular weight excluding hydrogens is 224 g/mol. The van der Waals surface area contributed by atoms with Gasteiger partial charge in [0.25, 0.3) is 0 Å². The molecule has 0 N–H and O–H groups in total. The highest BCUT2D eigenvalue weighted by Gasteiger charge is 2.48. The molecule has 0 amide bonds. The Balaban J connectivity index is 1.68. The van der Waals surface area contributed by atoms with Crippen molar-refractivity contribution in [2.24, 2.45) is 29.6 Å². The number of esters is 1. The number of rotatable bonds is 6. The van der Waals surface area contributed by atoms with Gasteiger partial charge in [-0.2, -0.15) is 0 Å². The molecule has 2 aliphatic rings. The van der Waals surface area contributed by atoms with Gasteiger partial charge in [-0.3, -0.25) is 4.79 Å². The molecule has 0 aliphatic heterocycles. The molecule has 2 bridgehead atoms. The van der Waals surface area contributed by atoms with Crippen LogP contribution < -0.4 is 0 Å². The molecule has 2 nitrogen and oxygen atoms in total. The zero-order valence-electron chi connectivity index (χ0n) is 12.2. The maximum atomic E-state index is 11.6. The molecule has 2 saturated carbocycles. The lowest BCUT2D eigenvalue weighted by Crippen LogP contribution is -2.28. The largest absolute Gasteiger partial charge is 0.465 e. The molecule has 104 valence electrons. The number of ether oxygens (including phenoxy) is 1. The zero-order chi connectivity index (χ0) is 13.1. The van der Waals surface area contributed by atoms with Crippen molar-refractivity contribution < 1.29 is 9.53 Å². The fraction of sp³-hybridized carbons (Fsp3) is 0.938. The number of carbonyl (C=O) groups excluding carboxylic acids is 1. The lowest BCUT2D eigenvalue weighted by atomic mass is 9.76. The molecule has 2 heteroatoms. The average Bonchev–Trinajstić information content (AvgIpc) is 2.88. The Morgan fingerprint density at radius 3 is 2.56 bits per heavy atom. The fourth-order valence-electron chi connectivity index (χ4n) is 4.08. The lowest BCUT2D eigenvalue weighted by molar-refractivity contribution is -0.146. The van der Waals surface area contributed by atoms with E-state index in [4.69, 9.17) is 4.74 Å². The van der Waals surface area contributed by atoms with Crippen molar-refractivity contribution in [3.8, 4) is 0 Å². The highest BCUT2D eigenvalue weighted by molar-refractivity contribution is 5.69. The van der Waals surface area contributed by atoms with E-state index in [-0.39, 0.29) is 5.97 Å². The number of unbranched alkanes of at least 4 members (excludes halogenated alkanes) is 2. The van der Waals surface area contributed by atoms with Crippen LogP contribution >= 0.6 is 0 Å². The molecule has 0 spiro atoms. The summed E-state index contributed by atoms with van der Waals surface area (Å²) in [6.07, 6.45) is 6.56. The van der Waals surface area contributed by atoms with Gasteiger partial charge < -0.3 is 4.74 Å². The molecule has 0 heterocycles. The van der Waals surface area contributed by atoms with E-state index in [2.05, 4.69) is 20.8 Å². The molecule has 0 aromatic rings. The summed E-state index contributed by atoms with van der Waals surface area (Å²) >= 11 is 0. The molecular formula is C16H28O2. The van der Waals surface area contributed by atoms with E-state index in [9.17, 15) is 4.79 Å². The monoisotopic (exact) mass is 252 g/mol. The Hall–Kier alpha value is -0.530. The van der Waals surface area contributed by atoms with Gasteiger partial charge in [0, 0.05) is 6.42 Å². The first-order valence-corrected chi connectivity index (χ1v) is 7.79. The van der Waals surface area contributed by atoms with Crippen LogP contribution in [-0.2, 0) is 9.53 Å². The third-order valence-electron chi connectivity index (χ3n) is 5.48. The van der Waals surface area contributed by atoms with Crippen LogP contribution in [0, 0.1) is 29.6 Å². The normalized spacial score (nSPS) is 38.1. The second kappa shape index (κ2) is 6.08. The van der Waals surface area contributed by atoms with E-state index in [1.54, 1.807) is 0 Å². The van der Waals surface area contributed by atoms with Gasteiger partial charge in [0.05, 0.1) is 6.61 Å². The fourth-order valence-corrected chi connectivity index (χ4v) is 4.08. The van der Waals surface area contributed by atoms with Crippen LogP contribution in [-0.4, -0.2) is 12.6 Å². The Bertz CT molecular complexity index is 285. The van der Waals surface area contributed by atoms with Crippen molar-refractivity contribution in [2.75, 3.05) is 6.61 Å². The maximum Gasteiger partial charge on any atom is 0.305 e. The summed E-state index contributed by atoms with van der Waals surface area (Å²) in [7, 11) is 0. The van der Waals surface area contributed by atoms with Crippen molar-refractivity contribution in [3.05, 3.63) is 0 Å². The first kappa shape index (κ1) is 13.9. The third-order valence-corrected chi connectivity index (χ3v) is 5.48. The van der Waals surface area contributed by atoms with E-state index >= 15 is 0 Å². The summed E-state index contributed by atoms with van der Waals surface area (Å²) in [6, 6.07) is 0. The Labute approximate surface area is 111 Å². The Morgan fingerprint density at radius 1 is 1.17 bits per heavy atom. The maximum absolute atomic E-state index is 11.6. The van der Waals surface area contributed by atoms with Gasteiger partial charge >= 0.3 is 5.97 Å². The summed E-state index contributed by atoms with van der Waals surface area (Å²) < 4.78 is 5.47. The third kappa shape index (κ3) is 2.89. The van der Waals surface area contributed by atoms with Crippen molar-refractivity contribution in [1.82, 2.24) is 0 Å². The molecule has 2 aliphatic carbocycles. The Kier molecular flexibility index (Phi) is 4.69. The van der Waals surface area contributed by atoms with E-state index < -0.39 is 0 Å². The van der Waals surface area contributed by atoms with Crippen molar-refractivity contribution >= 4 is 5.97 Å². The predicted octanol–water partition coefficient (Wildman–Crippen LogP) is 4.04. The minimum absolute atomic E-state index is 0.0203. The van der Waals surface area contributed by atoms with Crippen LogP contribution in [0.4, 0.5) is 0 Å². The van der Waals surface area contributed by atoms with Crippen molar-refractivity contribution in [3.63, 3.8) is 0 Å². The highest BCUT2D eigenvalue weighted by atomic mass is 16.5. The molecule has 0 aromatic carbocycles. The van der Waals surface area contributed by atoms with Crippen molar-refractivity contribution in [2.45, 2.75) is 59.3 Å². The molecule has 2 fully saturated rings. The number of hydrogen-bond acceptors (Lipinski definition) is 2. The van der Waals surface area contributed by atoms with E-state index in [0.29, 0.717) is 18.9 Å². The highest BCUT2D eigenvalue weighted by Crippen LogP contribution is 2.54. The van der Waals surface area contributed by atoms with Crippen LogP contribution in [0.25, 0.3) is 0 Å².